The Labute approximate surface area is 89.1 Å². The van der Waals surface area contributed by atoms with Crippen molar-refractivity contribution < 1.29 is 0 Å². The Morgan fingerprint density at radius 3 is 2.62 bits per heavy atom. The molecule has 0 aliphatic heterocycles. The Hall–Kier alpha value is -0.0800. The van der Waals surface area contributed by atoms with Crippen molar-refractivity contribution in [3.8, 4) is 0 Å². The summed E-state index contributed by atoms with van der Waals surface area (Å²) >= 11 is 7.38. The molecule has 0 aliphatic carbocycles. The highest BCUT2D eigenvalue weighted by atomic mass is 35.5. The van der Waals surface area contributed by atoms with Crippen molar-refractivity contribution >= 4 is 22.9 Å². The van der Waals surface area contributed by atoms with Crippen LogP contribution >= 0.6 is 22.9 Å². The first-order chi connectivity index (χ1) is 6.04. The number of thiazole rings is 1. The maximum Gasteiger partial charge on any atom is 0.0981 e. The highest BCUT2D eigenvalue weighted by Crippen LogP contribution is 2.25. The zero-order valence-corrected chi connectivity index (χ0v) is 10.0. The van der Waals surface area contributed by atoms with Crippen LogP contribution in [0.25, 0.3) is 0 Å². The number of hydrogen-bond donors (Lipinski definition) is 0. The van der Waals surface area contributed by atoms with Gasteiger partial charge in [0, 0.05) is 16.7 Å². The molecule has 74 valence electrons. The molecule has 0 spiro atoms. The molecule has 0 unspecified atom stereocenters. The van der Waals surface area contributed by atoms with E-state index in [4.69, 9.17) is 11.6 Å². The van der Waals surface area contributed by atoms with Crippen LogP contribution in [0.1, 0.15) is 37.9 Å². The standard InChI is InChI=1S/C10H16ClNS/c1-10(2,3)9-12-8(7-13-9)5-4-6-11/h7H,4-6H2,1-3H3. The summed E-state index contributed by atoms with van der Waals surface area (Å²) in [4.78, 5) is 4.58. The molecule has 0 radical (unpaired) electrons. The van der Waals surface area contributed by atoms with Gasteiger partial charge in [0.15, 0.2) is 0 Å². The highest BCUT2D eigenvalue weighted by Gasteiger charge is 2.17. The van der Waals surface area contributed by atoms with Crippen LogP contribution in [0, 0.1) is 0 Å². The topological polar surface area (TPSA) is 12.9 Å². The molecule has 1 rings (SSSR count). The Kier molecular flexibility index (Phi) is 3.74. The van der Waals surface area contributed by atoms with Crippen LogP contribution in [0.3, 0.4) is 0 Å². The van der Waals surface area contributed by atoms with E-state index >= 15 is 0 Å². The minimum atomic E-state index is 0.184. The number of halogens is 1. The predicted molar refractivity (Wildman–Crippen MR) is 59.9 cm³/mol. The van der Waals surface area contributed by atoms with Crippen molar-refractivity contribution in [2.45, 2.75) is 39.0 Å². The second kappa shape index (κ2) is 4.43. The van der Waals surface area contributed by atoms with E-state index in [9.17, 15) is 0 Å². The van der Waals surface area contributed by atoms with Crippen LogP contribution in [0.2, 0.25) is 0 Å². The fraction of sp³-hybridized carbons (Fsp3) is 0.700. The Balaban J connectivity index is 2.64. The Morgan fingerprint density at radius 1 is 1.46 bits per heavy atom. The van der Waals surface area contributed by atoms with Gasteiger partial charge in [-0.3, -0.25) is 0 Å². The van der Waals surface area contributed by atoms with E-state index in [0.717, 1.165) is 18.7 Å². The molecule has 0 aliphatic rings. The van der Waals surface area contributed by atoms with E-state index in [1.807, 2.05) is 0 Å². The van der Waals surface area contributed by atoms with Gasteiger partial charge in [-0.25, -0.2) is 4.98 Å². The Bertz CT molecular complexity index is 262. The monoisotopic (exact) mass is 217 g/mol. The van der Waals surface area contributed by atoms with Crippen LogP contribution < -0.4 is 0 Å². The van der Waals surface area contributed by atoms with E-state index in [1.165, 1.54) is 10.7 Å². The lowest BCUT2D eigenvalue weighted by molar-refractivity contribution is 0.582. The number of rotatable bonds is 3. The summed E-state index contributed by atoms with van der Waals surface area (Å²) in [5, 5.41) is 3.37. The molecule has 0 N–H and O–H groups in total. The van der Waals surface area contributed by atoms with E-state index in [-0.39, 0.29) is 5.41 Å². The molecule has 13 heavy (non-hydrogen) atoms. The average molecular weight is 218 g/mol. The molecule has 1 nitrogen and oxygen atoms in total. The lowest BCUT2D eigenvalue weighted by atomic mass is 9.98. The normalized spacial score (nSPS) is 12.0. The van der Waals surface area contributed by atoms with Crippen LogP contribution in [0.5, 0.6) is 0 Å². The molecule has 0 aromatic carbocycles. The first kappa shape index (κ1) is 11.0. The smallest absolute Gasteiger partial charge is 0.0981 e. The molecular weight excluding hydrogens is 202 g/mol. The van der Waals surface area contributed by atoms with Crippen LogP contribution in [-0.2, 0) is 11.8 Å². The maximum atomic E-state index is 5.62. The third-order valence-corrected chi connectivity index (χ3v) is 3.34. The van der Waals surface area contributed by atoms with Gasteiger partial charge in [-0.05, 0) is 12.8 Å². The number of aromatic nitrogens is 1. The van der Waals surface area contributed by atoms with Gasteiger partial charge >= 0.3 is 0 Å². The number of hydrogen-bond acceptors (Lipinski definition) is 2. The van der Waals surface area contributed by atoms with Crippen molar-refractivity contribution in [2.75, 3.05) is 5.88 Å². The summed E-state index contributed by atoms with van der Waals surface area (Å²) in [5.74, 6) is 0.725. The molecule has 1 heterocycles. The molecule has 1 aromatic rings. The van der Waals surface area contributed by atoms with Crippen molar-refractivity contribution in [1.82, 2.24) is 4.98 Å². The van der Waals surface area contributed by atoms with Crippen molar-refractivity contribution in [3.63, 3.8) is 0 Å². The summed E-state index contributed by atoms with van der Waals surface area (Å²) < 4.78 is 0. The van der Waals surface area contributed by atoms with E-state index in [0.29, 0.717) is 0 Å². The third-order valence-electron chi connectivity index (χ3n) is 1.76. The second-order valence-electron chi connectivity index (χ2n) is 4.19. The SMILES string of the molecule is CC(C)(C)c1nc(CCCCl)cs1. The van der Waals surface area contributed by atoms with Gasteiger partial charge in [-0.1, -0.05) is 20.8 Å². The lowest BCUT2D eigenvalue weighted by Crippen LogP contribution is -2.10. The molecule has 0 atom stereocenters. The largest absolute Gasteiger partial charge is 0.246 e. The zero-order valence-electron chi connectivity index (χ0n) is 8.43. The summed E-state index contributed by atoms with van der Waals surface area (Å²) in [6, 6.07) is 0. The zero-order chi connectivity index (χ0) is 9.90. The second-order valence-corrected chi connectivity index (χ2v) is 5.42. The first-order valence-corrected chi connectivity index (χ1v) is 5.96. The van der Waals surface area contributed by atoms with Crippen molar-refractivity contribution in [1.29, 1.82) is 0 Å². The predicted octanol–water partition coefficient (Wildman–Crippen LogP) is 3.61. The Morgan fingerprint density at radius 2 is 2.15 bits per heavy atom. The summed E-state index contributed by atoms with van der Waals surface area (Å²) in [7, 11) is 0. The van der Waals surface area contributed by atoms with Gasteiger partial charge in [0.25, 0.3) is 0 Å². The molecular formula is C10H16ClNS. The fourth-order valence-electron chi connectivity index (χ4n) is 1.01. The number of aryl methyl sites for hydroxylation is 1. The van der Waals surface area contributed by atoms with E-state index in [1.54, 1.807) is 11.3 Å². The van der Waals surface area contributed by atoms with Gasteiger partial charge < -0.3 is 0 Å². The van der Waals surface area contributed by atoms with Gasteiger partial charge in [0.2, 0.25) is 0 Å². The molecule has 0 amide bonds. The number of nitrogens with zero attached hydrogens (tertiary/aromatic N) is 1. The molecule has 3 heteroatoms. The summed E-state index contributed by atoms with van der Waals surface area (Å²) in [5.41, 5.74) is 1.37. The molecule has 0 saturated heterocycles. The molecule has 0 fully saturated rings. The van der Waals surface area contributed by atoms with E-state index < -0.39 is 0 Å². The maximum absolute atomic E-state index is 5.62. The third kappa shape index (κ3) is 3.28. The molecule has 1 aromatic heterocycles. The summed E-state index contributed by atoms with van der Waals surface area (Å²) in [6.07, 6.45) is 2.03. The minimum absolute atomic E-state index is 0.184. The van der Waals surface area contributed by atoms with Gasteiger partial charge in [0.05, 0.1) is 10.7 Å². The lowest BCUT2D eigenvalue weighted by Gasteiger charge is -2.13. The summed E-state index contributed by atoms with van der Waals surface area (Å²) in [6.45, 7) is 6.57. The quantitative estimate of drug-likeness (QED) is 0.705. The minimum Gasteiger partial charge on any atom is -0.246 e. The molecule has 0 bridgehead atoms. The fourth-order valence-corrected chi connectivity index (χ4v) is 2.09. The van der Waals surface area contributed by atoms with Crippen molar-refractivity contribution in [2.24, 2.45) is 0 Å². The van der Waals surface area contributed by atoms with Crippen LogP contribution in [0.4, 0.5) is 0 Å². The van der Waals surface area contributed by atoms with Crippen LogP contribution in [-0.4, -0.2) is 10.9 Å². The first-order valence-electron chi connectivity index (χ1n) is 4.55. The number of alkyl halides is 1. The van der Waals surface area contributed by atoms with Gasteiger partial charge in [-0.15, -0.1) is 22.9 Å². The molecule has 0 saturated carbocycles. The van der Waals surface area contributed by atoms with Gasteiger partial charge in [0.1, 0.15) is 0 Å². The van der Waals surface area contributed by atoms with Gasteiger partial charge in [-0.2, -0.15) is 0 Å². The van der Waals surface area contributed by atoms with Crippen molar-refractivity contribution in [3.05, 3.63) is 16.1 Å². The average Bonchev–Trinajstić information content (AvgIpc) is 2.47. The van der Waals surface area contributed by atoms with Crippen LogP contribution in [0.15, 0.2) is 5.38 Å². The highest BCUT2D eigenvalue weighted by molar-refractivity contribution is 7.09. The van der Waals surface area contributed by atoms with E-state index in [2.05, 4.69) is 31.1 Å².